The van der Waals surface area contributed by atoms with Gasteiger partial charge >= 0.3 is 5.97 Å². The zero-order valence-electron chi connectivity index (χ0n) is 17.2. The van der Waals surface area contributed by atoms with Crippen LogP contribution in [0.15, 0.2) is 77.7 Å². The van der Waals surface area contributed by atoms with Gasteiger partial charge in [0.25, 0.3) is 0 Å². The van der Waals surface area contributed by atoms with Crippen LogP contribution in [0, 0.1) is 0 Å². The number of carboxylic acids is 1. The van der Waals surface area contributed by atoms with Crippen LogP contribution in [0.4, 0.5) is 0 Å². The Bertz CT molecular complexity index is 1140. The van der Waals surface area contributed by atoms with Crippen molar-refractivity contribution < 1.29 is 20.1 Å². The third-order valence-electron chi connectivity index (χ3n) is 6.01. The number of carboxylic acid groups (broad SMARTS) is 1. The molecule has 31 heavy (non-hydrogen) atoms. The molecule has 0 spiro atoms. The number of benzene rings is 3. The predicted molar refractivity (Wildman–Crippen MR) is 124 cm³/mol. The van der Waals surface area contributed by atoms with Gasteiger partial charge in [-0.3, -0.25) is 0 Å². The van der Waals surface area contributed by atoms with Gasteiger partial charge in [0.2, 0.25) is 0 Å². The minimum absolute atomic E-state index is 0.146. The predicted octanol–water partition coefficient (Wildman–Crippen LogP) is 5.59. The van der Waals surface area contributed by atoms with E-state index in [1.54, 1.807) is 36.0 Å². The molecule has 0 saturated heterocycles. The average Bonchev–Trinajstić information content (AvgIpc) is 2.75. The molecule has 1 unspecified atom stereocenters. The summed E-state index contributed by atoms with van der Waals surface area (Å²) in [6, 6.07) is 20.9. The Morgan fingerprint density at radius 1 is 1.06 bits per heavy atom. The Morgan fingerprint density at radius 2 is 1.81 bits per heavy atom. The molecule has 1 aliphatic heterocycles. The number of rotatable bonds is 5. The molecule has 0 bridgehead atoms. The van der Waals surface area contributed by atoms with E-state index in [4.69, 9.17) is 5.11 Å². The molecule has 0 aliphatic carbocycles. The lowest BCUT2D eigenvalue weighted by Gasteiger charge is -2.43. The number of thioether (sulfide) groups is 1. The van der Waals surface area contributed by atoms with Gasteiger partial charge in [-0.15, -0.1) is 11.8 Å². The molecule has 0 aromatic heterocycles. The van der Waals surface area contributed by atoms with E-state index >= 15 is 0 Å². The van der Waals surface area contributed by atoms with Gasteiger partial charge in [0.05, 0.1) is 0 Å². The monoisotopic (exact) mass is 432 g/mol. The molecule has 158 valence electrons. The van der Waals surface area contributed by atoms with E-state index in [0.717, 1.165) is 39.8 Å². The fourth-order valence-electron chi connectivity index (χ4n) is 4.30. The van der Waals surface area contributed by atoms with Gasteiger partial charge in [-0.25, -0.2) is 4.79 Å². The van der Waals surface area contributed by atoms with E-state index in [9.17, 15) is 15.0 Å². The fraction of sp³-hybridized carbons (Fsp3) is 0.192. The molecule has 5 heteroatoms. The van der Waals surface area contributed by atoms with Crippen molar-refractivity contribution in [3.8, 4) is 11.5 Å². The third kappa shape index (κ3) is 4.47. The zero-order chi connectivity index (χ0) is 22.0. The molecule has 0 radical (unpaired) electrons. The molecule has 1 aliphatic rings. The van der Waals surface area contributed by atoms with E-state index in [0.29, 0.717) is 0 Å². The molecule has 2 atom stereocenters. The minimum atomic E-state index is -0.969. The number of carbonyl (C=O) groups is 1. The summed E-state index contributed by atoms with van der Waals surface area (Å²) in [5.41, 5.74) is 4.13. The molecular formula is C26H24O4S. The molecule has 4 nitrogen and oxygen atoms in total. The highest BCUT2D eigenvalue weighted by molar-refractivity contribution is 7.99. The normalized spacial score (nSPS) is 20.5. The second-order valence-electron chi connectivity index (χ2n) is 8.15. The summed E-state index contributed by atoms with van der Waals surface area (Å²) in [5.74, 6) is 0.530. The molecule has 0 fully saturated rings. The Kier molecular flexibility index (Phi) is 5.79. The Morgan fingerprint density at radius 3 is 2.55 bits per heavy atom. The number of aromatic hydroxyl groups is 2. The summed E-state index contributed by atoms with van der Waals surface area (Å²) in [5, 5.41) is 28.7. The summed E-state index contributed by atoms with van der Waals surface area (Å²) in [7, 11) is 0. The SMILES string of the molecule is C[C@]1(c2ccc(O)cc2)CSc2cc(O)ccc2C1Cc1cccc(/C=C/C(=O)O)c1. The van der Waals surface area contributed by atoms with Crippen LogP contribution in [0.3, 0.4) is 0 Å². The highest BCUT2D eigenvalue weighted by Crippen LogP contribution is 2.52. The molecule has 0 amide bonds. The first-order valence-electron chi connectivity index (χ1n) is 10.1. The maximum Gasteiger partial charge on any atom is 0.328 e. The lowest BCUT2D eigenvalue weighted by molar-refractivity contribution is -0.131. The van der Waals surface area contributed by atoms with E-state index in [1.807, 2.05) is 42.5 Å². The van der Waals surface area contributed by atoms with Crippen molar-refractivity contribution in [1.29, 1.82) is 0 Å². The van der Waals surface area contributed by atoms with Crippen LogP contribution in [-0.4, -0.2) is 27.0 Å². The number of phenolic OH excluding ortho intramolecular Hbond substituents is 2. The number of hydrogen-bond donors (Lipinski definition) is 3. The summed E-state index contributed by atoms with van der Waals surface area (Å²) in [6.45, 7) is 2.25. The van der Waals surface area contributed by atoms with Crippen molar-refractivity contribution in [2.75, 3.05) is 5.75 Å². The number of aliphatic carboxylic acids is 1. The Hall–Kier alpha value is -3.18. The number of phenols is 2. The van der Waals surface area contributed by atoms with Crippen LogP contribution in [0.5, 0.6) is 11.5 Å². The first kappa shape index (κ1) is 21.1. The van der Waals surface area contributed by atoms with E-state index in [-0.39, 0.29) is 22.8 Å². The van der Waals surface area contributed by atoms with Crippen LogP contribution in [0.25, 0.3) is 6.08 Å². The van der Waals surface area contributed by atoms with Crippen LogP contribution >= 0.6 is 11.8 Å². The van der Waals surface area contributed by atoms with Crippen molar-refractivity contribution >= 4 is 23.8 Å². The van der Waals surface area contributed by atoms with Crippen LogP contribution < -0.4 is 0 Å². The van der Waals surface area contributed by atoms with Crippen LogP contribution in [0.2, 0.25) is 0 Å². The van der Waals surface area contributed by atoms with Gasteiger partial charge in [-0.2, -0.15) is 0 Å². The van der Waals surface area contributed by atoms with Gasteiger partial charge in [0, 0.05) is 22.1 Å². The topological polar surface area (TPSA) is 77.8 Å². The third-order valence-corrected chi connectivity index (χ3v) is 7.41. The largest absolute Gasteiger partial charge is 0.508 e. The maximum atomic E-state index is 10.9. The molecule has 0 saturated carbocycles. The molecule has 3 aromatic rings. The van der Waals surface area contributed by atoms with Crippen molar-refractivity contribution in [1.82, 2.24) is 0 Å². The van der Waals surface area contributed by atoms with Crippen LogP contribution in [0.1, 0.15) is 35.1 Å². The van der Waals surface area contributed by atoms with Crippen molar-refractivity contribution in [2.45, 2.75) is 29.6 Å². The Labute approximate surface area is 185 Å². The fourth-order valence-corrected chi connectivity index (χ4v) is 5.70. The summed E-state index contributed by atoms with van der Waals surface area (Å²) in [4.78, 5) is 12.0. The first-order chi connectivity index (χ1) is 14.8. The molecule has 3 N–H and O–H groups in total. The smallest absolute Gasteiger partial charge is 0.328 e. The summed E-state index contributed by atoms with van der Waals surface area (Å²) < 4.78 is 0. The van der Waals surface area contributed by atoms with E-state index < -0.39 is 5.97 Å². The van der Waals surface area contributed by atoms with Gasteiger partial charge in [-0.05, 0) is 64.9 Å². The highest BCUT2D eigenvalue weighted by Gasteiger charge is 2.41. The Balaban J connectivity index is 1.76. The van der Waals surface area contributed by atoms with Gasteiger partial charge in [0.1, 0.15) is 11.5 Å². The number of hydrogen-bond acceptors (Lipinski definition) is 4. The maximum absolute atomic E-state index is 10.9. The van der Waals surface area contributed by atoms with Crippen molar-refractivity contribution in [3.63, 3.8) is 0 Å². The average molecular weight is 433 g/mol. The summed E-state index contributed by atoms with van der Waals surface area (Å²) >= 11 is 1.74. The van der Waals surface area contributed by atoms with Gasteiger partial charge in [0.15, 0.2) is 0 Å². The van der Waals surface area contributed by atoms with E-state index in [1.165, 1.54) is 5.56 Å². The second-order valence-corrected chi connectivity index (χ2v) is 9.17. The van der Waals surface area contributed by atoms with Gasteiger partial charge in [-0.1, -0.05) is 49.4 Å². The van der Waals surface area contributed by atoms with Crippen LogP contribution in [-0.2, 0) is 16.6 Å². The standard InChI is InChI=1S/C26H24O4S/c1-26(19-6-8-20(27)9-7-19)16-31-24-15-21(28)10-11-22(24)23(26)14-18-4-2-3-17(13-18)5-12-25(29)30/h2-13,15,23,27-28H,14,16H2,1H3,(H,29,30)/b12-5+/t23?,26-/m1/s1. The lowest BCUT2D eigenvalue weighted by atomic mass is 9.67. The highest BCUT2D eigenvalue weighted by atomic mass is 32.2. The molecule has 4 rings (SSSR count). The lowest BCUT2D eigenvalue weighted by Crippen LogP contribution is -2.37. The first-order valence-corrected chi connectivity index (χ1v) is 11.1. The minimum Gasteiger partial charge on any atom is -0.508 e. The van der Waals surface area contributed by atoms with E-state index in [2.05, 4.69) is 13.0 Å². The van der Waals surface area contributed by atoms with Gasteiger partial charge < -0.3 is 15.3 Å². The second kappa shape index (κ2) is 8.52. The van der Waals surface area contributed by atoms with Crippen molar-refractivity contribution in [3.05, 3.63) is 95.1 Å². The molecule has 3 aromatic carbocycles. The molecular weight excluding hydrogens is 408 g/mol. The molecule has 1 heterocycles. The zero-order valence-corrected chi connectivity index (χ0v) is 18.0. The quantitative estimate of drug-likeness (QED) is 0.459. The summed E-state index contributed by atoms with van der Waals surface area (Å²) in [6.07, 6.45) is 3.52. The van der Waals surface area contributed by atoms with Crippen molar-refractivity contribution in [2.24, 2.45) is 0 Å². The number of fused-ring (bicyclic) bond motifs is 1.